The monoisotopic (exact) mass is 1200 g/mol. The van der Waals surface area contributed by atoms with Gasteiger partial charge >= 0.3 is 0 Å². The van der Waals surface area contributed by atoms with E-state index in [0.717, 1.165) is 70.4 Å². The molecule has 0 unspecified atom stereocenters. The number of nitrogens with zero attached hydrogens (tertiary/aromatic N) is 7. The van der Waals surface area contributed by atoms with Gasteiger partial charge in [-0.15, -0.1) is 0 Å². The molecule has 3 aromatic carbocycles. The Morgan fingerprint density at radius 3 is 1.48 bits per heavy atom. The minimum atomic E-state index is 0.0502. The van der Waals surface area contributed by atoms with Crippen LogP contribution in [0.5, 0.6) is 0 Å². The lowest BCUT2D eigenvalue weighted by molar-refractivity contribution is 0.345. The highest BCUT2D eigenvalue weighted by atomic mass is 15.1. The largest absolute Gasteiger partial charge is 0.361 e. The van der Waals surface area contributed by atoms with Gasteiger partial charge in [0, 0.05) is 84.8 Å². The van der Waals surface area contributed by atoms with Crippen LogP contribution in [0, 0.1) is 34.6 Å². The van der Waals surface area contributed by atoms with E-state index in [1.165, 1.54) is 55.4 Å². The number of aromatic nitrogens is 9. The molecule has 0 radical (unpaired) electrons. The number of H-pyrrole nitrogens is 3. The van der Waals surface area contributed by atoms with Gasteiger partial charge in [0.2, 0.25) is 0 Å². The molecule has 10 heteroatoms. The summed E-state index contributed by atoms with van der Waals surface area (Å²) in [6, 6.07) is 36.7. The molecule has 0 spiro atoms. The number of rotatable bonds is 3. The average molecular weight is 1200 g/mol. The van der Waals surface area contributed by atoms with E-state index in [2.05, 4.69) is 318 Å². The van der Waals surface area contributed by atoms with Gasteiger partial charge in [-0.1, -0.05) is 229 Å². The maximum atomic E-state index is 4.46. The van der Waals surface area contributed by atoms with Gasteiger partial charge in [0.15, 0.2) is 11.3 Å². The second-order valence-electron chi connectivity index (χ2n) is 30.6. The molecule has 0 saturated carbocycles. The van der Waals surface area contributed by atoms with Crippen LogP contribution in [-0.4, -0.2) is 62.8 Å². The molecule has 0 bridgehead atoms. The van der Waals surface area contributed by atoms with Crippen molar-refractivity contribution in [2.24, 2.45) is 0 Å². The van der Waals surface area contributed by atoms with E-state index in [-0.39, 0.29) is 32.5 Å². The Morgan fingerprint density at radius 1 is 0.461 bits per heavy atom. The van der Waals surface area contributed by atoms with E-state index in [9.17, 15) is 0 Å². The van der Waals surface area contributed by atoms with Gasteiger partial charge in [0.05, 0.1) is 11.0 Å². The summed E-state index contributed by atoms with van der Waals surface area (Å²) < 4.78 is 0. The van der Waals surface area contributed by atoms with Crippen LogP contribution >= 0.6 is 0 Å². The van der Waals surface area contributed by atoms with Crippen LogP contribution in [0.25, 0.3) is 33.2 Å². The van der Waals surface area contributed by atoms with Gasteiger partial charge in [-0.2, -0.15) is 0 Å². The smallest absolute Gasteiger partial charge is 0.177 e. The number of fused-ring (bicyclic) bond motifs is 3. The summed E-state index contributed by atoms with van der Waals surface area (Å²) in [6.07, 6.45) is 15.9. The molecule has 89 heavy (non-hydrogen) atoms. The Labute approximate surface area is 536 Å². The van der Waals surface area contributed by atoms with Gasteiger partial charge in [-0.25, -0.2) is 19.9 Å². The molecule has 0 atom stereocenters. The summed E-state index contributed by atoms with van der Waals surface area (Å²) in [7, 11) is 0. The van der Waals surface area contributed by atoms with Crippen molar-refractivity contribution >= 4 is 33.2 Å². The van der Waals surface area contributed by atoms with Crippen LogP contribution in [-0.2, 0) is 39.0 Å². The lowest BCUT2D eigenvalue weighted by Gasteiger charge is -2.21. The number of aryl methyl sites for hydroxylation is 5. The lowest BCUT2D eigenvalue weighted by atomic mass is 9.86. The molecular formula is C79H110N10. The predicted octanol–water partition coefficient (Wildman–Crippen LogP) is 20.4. The first-order valence-electron chi connectivity index (χ1n) is 31.9. The van der Waals surface area contributed by atoms with Crippen molar-refractivity contribution in [1.29, 1.82) is 0 Å². The molecule has 11 rings (SSSR count). The third kappa shape index (κ3) is 23.4. The summed E-state index contributed by atoms with van der Waals surface area (Å²) >= 11 is 0. The number of para-hydroxylation sites is 1. The Hall–Kier alpha value is -7.56. The van der Waals surface area contributed by atoms with Gasteiger partial charge in [0.1, 0.15) is 11.6 Å². The maximum absolute atomic E-state index is 4.46. The second-order valence-corrected chi connectivity index (χ2v) is 30.6. The zero-order valence-corrected chi connectivity index (χ0v) is 59.3. The fourth-order valence-electron chi connectivity index (χ4n) is 9.43. The van der Waals surface area contributed by atoms with Crippen molar-refractivity contribution in [3.05, 3.63) is 225 Å². The average Bonchev–Trinajstić information content (AvgIpc) is 3.12. The summed E-state index contributed by atoms with van der Waals surface area (Å²) in [6.45, 7) is 57.6. The van der Waals surface area contributed by atoms with E-state index in [1.54, 1.807) is 0 Å². The Balaban J connectivity index is 0.000000190. The van der Waals surface area contributed by atoms with Crippen LogP contribution in [0.15, 0.2) is 152 Å². The van der Waals surface area contributed by atoms with Crippen molar-refractivity contribution in [3.63, 3.8) is 0 Å². The molecule has 0 aliphatic carbocycles. The molecule has 476 valence electrons. The van der Waals surface area contributed by atoms with Crippen LogP contribution in [0.2, 0.25) is 0 Å². The first-order chi connectivity index (χ1) is 41.3. The highest BCUT2D eigenvalue weighted by Crippen LogP contribution is 2.30. The van der Waals surface area contributed by atoms with E-state index < -0.39 is 0 Å². The van der Waals surface area contributed by atoms with Gasteiger partial charge in [-0.05, 0) is 142 Å². The number of hydrogen-bond acceptors (Lipinski definition) is 7. The summed E-state index contributed by atoms with van der Waals surface area (Å²) in [5.41, 5.74) is 20.4. The number of hydrogen-bond donors (Lipinski definition) is 3. The Kier molecular flexibility index (Phi) is 25.0. The zero-order valence-electron chi connectivity index (χ0n) is 59.3. The van der Waals surface area contributed by atoms with Crippen LogP contribution in [0.1, 0.15) is 217 Å². The van der Waals surface area contributed by atoms with Crippen LogP contribution in [0.3, 0.4) is 0 Å². The van der Waals surface area contributed by atoms with Gasteiger partial charge in [0.25, 0.3) is 0 Å². The van der Waals surface area contributed by atoms with Crippen molar-refractivity contribution < 1.29 is 0 Å². The summed E-state index contributed by atoms with van der Waals surface area (Å²) in [5, 5.41) is 1.30. The van der Waals surface area contributed by atoms with E-state index in [0.29, 0.717) is 5.92 Å². The Bertz CT molecular complexity index is 3680. The molecule has 0 fully saturated rings. The maximum Gasteiger partial charge on any atom is 0.177 e. The number of benzene rings is 3. The lowest BCUT2D eigenvalue weighted by Crippen LogP contribution is -2.19. The first kappa shape index (κ1) is 72.2. The quantitative estimate of drug-likeness (QED) is 0.150. The minimum absolute atomic E-state index is 0.0502. The second kappa shape index (κ2) is 30.8. The molecule has 0 saturated heterocycles. The minimum Gasteiger partial charge on any atom is -0.361 e. The number of aromatic amines is 3. The van der Waals surface area contributed by atoms with Gasteiger partial charge < -0.3 is 15.0 Å². The fourth-order valence-corrected chi connectivity index (χ4v) is 9.43. The van der Waals surface area contributed by atoms with Crippen LogP contribution in [0.4, 0.5) is 0 Å². The molecule has 1 aliphatic heterocycles. The molecule has 10 nitrogen and oxygen atoms in total. The highest BCUT2D eigenvalue weighted by Gasteiger charge is 2.20. The number of nitrogens with one attached hydrogen (secondary N) is 3. The first-order valence-corrected chi connectivity index (χ1v) is 31.9. The fraction of sp³-hybridized carbons (Fsp3) is 0.443. The standard InChI is InChI=1S/C15H21N.C12H15N.C11H15N3.C11H16.C10H13N3.2C10H15N/c1-15(2,3)14-8-6-7-13(11-14)12-16-9-4-5-10-16;1-12(2,3)10-6-4-5-9-7-8-13-11(9)10;1-7-5-8-9(12-6-7)14-10(13-8)11(2,3)4;1-9-6-5-7-10(8-9)11(2,3)4;1-6(2)9-12-8-4-7(3)5-11-10(8)13-9;1-8-5-9(7-11-6-8)10(2,3)4;1-8-5-6-11-9(7-8)10(2,3)4/h4-8,11H,9-10,12H2,1-3H3;4-8,13H,1-3H3;5-6H,1-4H3,(H,12,13,14);5-8H,1-4H3;4-6H,1-3H3,(H,11,12,13);2*5-7H,1-4H3. The highest BCUT2D eigenvalue weighted by molar-refractivity contribution is 5.83. The van der Waals surface area contributed by atoms with Gasteiger partial charge in [-0.3, -0.25) is 14.9 Å². The van der Waals surface area contributed by atoms with Crippen LogP contribution < -0.4 is 0 Å². The van der Waals surface area contributed by atoms with Crippen molar-refractivity contribution in [2.45, 2.75) is 218 Å². The topological polar surface area (TPSA) is 128 Å². The molecule has 1 aliphatic rings. The summed E-state index contributed by atoms with van der Waals surface area (Å²) in [5.74, 6) is 2.42. The molecule has 8 heterocycles. The molecule has 7 aromatic heterocycles. The molecule has 3 N–H and O–H groups in total. The number of imidazole rings is 2. The Morgan fingerprint density at radius 2 is 0.989 bits per heavy atom. The van der Waals surface area contributed by atoms with E-state index in [1.807, 2.05) is 57.1 Å². The zero-order chi connectivity index (χ0) is 66.3. The molecular weight excluding hydrogens is 1090 g/mol. The van der Waals surface area contributed by atoms with Crippen molar-refractivity contribution in [2.75, 3.05) is 13.1 Å². The van der Waals surface area contributed by atoms with E-state index >= 15 is 0 Å². The number of pyridine rings is 4. The normalized spacial score (nSPS) is 12.7. The van der Waals surface area contributed by atoms with E-state index in [4.69, 9.17) is 0 Å². The third-order valence-corrected chi connectivity index (χ3v) is 15.0. The molecule has 0 amide bonds. The van der Waals surface area contributed by atoms with Crippen molar-refractivity contribution in [3.8, 4) is 0 Å². The SMILES string of the molecule is CC(C)(C)c1cccc(CN2CC=CC2)c1.CC(C)(C)c1cccc2cc[nH]c12.Cc1cccc(C(C)(C)C)c1.Cc1ccnc(C(C)(C)C)c1.Cc1cnc2nc(C(C)(C)C)[nH]c2c1.Cc1cnc2nc(C(C)C)[nH]c2c1.Cc1cncc(C(C)(C)C)c1. The third-order valence-electron chi connectivity index (χ3n) is 15.0. The van der Waals surface area contributed by atoms with Crippen molar-refractivity contribution in [1.82, 2.24) is 49.8 Å². The molecule has 10 aromatic rings. The summed E-state index contributed by atoms with van der Waals surface area (Å²) in [4.78, 5) is 38.1. The predicted molar refractivity (Wildman–Crippen MR) is 382 cm³/mol.